The second kappa shape index (κ2) is 11.4. The topological polar surface area (TPSA) is 44.8 Å². The number of carbonyl (C=O) groups is 1. The molecular weight excluding hydrogens is 340 g/mol. The van der Waals surface area contributed by atoms with E-state index in [0.29, 0.717) is 23.7 Å². The highest BCUT2D eigenvalue weighted by Gasteiger charge is 2.13. The summed E-state index contributed by atoms with van der Waals surface area (Å²) in [6.07, 6.45) is 4.18. The summed E-state index contributed by atoms with van der Waals surface area (Å²) in [5.74, 6) is 0.639. The minimum absolute atomic E-state index is 0.00862. The molecule has 4 nitrogen and oxygen atoms in total. The van der Waals surface area contributed by atoms with Gasteiger partial charge in [0.1, 0.15) is 0 Å². The summed E-state index contributed by atoms with van der Waals surface area (Å²) in [6, 6.07) is 14.6. The molecule has 1 unspecified atom stereocenters. The average molecular weight is 370 g/mol. The lowest BCUT2D eigenvalue weighted by molar-refractivity contribution is 0.0635. The molecule has 27 heavy (non-hydrogen) atoms. The third-order valence-electron chi connectivity index (χ3n) is 4.29. The second-order valence-corrected chi connectivity index (χ2v) is 6.53. The number of esters is 1. The number of unbranched alkanes of at least 4 members (excludes halogenated alkanes) is 2. The van der Waals surface area contributed by atoms with Crippen LogP contribution in [-0.2, 0) is 4.74 Å². The number of hydrogen-bond donors (Lipinski definition) is 0. The monoisotopic (exact) mass is 370 g/mol. The first kappa shape index (κ1) is 21.0. The van der Waals surface area contributed by atoms with Crippen molar-refractivity contribution in [2.75, 3.05) is 13.2 Å². The molecule has 2 rings (SSSR count). The maximum atomic E-state index is 12.5. The highest BCUT2D eigenvalue weighted by atomic mass is 16.6. The normalized spacial score (nSPS) is 11.8. The van der Waals surface area contributed by atoms with Gasteiger partial charge in [-0.05, 0) is 49.6 Å². The molecule has 0 aliphatic carbocycles. The molecule has 2 aromatic rings. The number of hydrogen-bond acceptors (Lipinski definition) is 4. The smallest absolute Gasteiger partial charge is 0.343 e. The Labute approximate surface area is 162 Å². The van der Waals surface area contributed by atoms with Crippen molar-refractivity contribution in [3.63, 3.8) is 0 Å². The van der Waals surface area contributed by atoms with E-state index in [1.54, 1.807) is 18.2 Å². The van der Waals surface area contributed by atoms with E-state index in [9.17, 15) is 4.79 Å². The van der Waals surface area contributed by atoms with E-state index in [4.69, 9.17) is 14.2 Å². The highest BCUT2D eigenvalue weighted by molar-refractivity contribution is 5.91. The summed E-state index contributed by atoms with van der Waals surface area (Å²) < 4.78 is 17.1. The molecular formula is C23H30O4. The molecule has 0 aliphatic heterocycles. The molecule has 0 radical (unpaired) electrons. The maximum absolute atomic E-state index is 12.5. The van der Waals surface area contributed by atoms with Gasteiger partial charge in [0, 0.05) is 6.61 Å². The van der Waals surface area contributed by atoms with Gasteiger partial charge in [-0.15, -0.1) is 0 Å². The maximum Gasteiger partial charge on any atom is 0.343 e. The van der Waals surface area contributed by atoms with Crippen LogP contribution in [0.5, 0.6) is 11.5 Å². The van der Waals surface area contributed by atoms with Crippen molar-refractivity contribution in [2.24, 2.45) is 0 Å². The Balaban J connectivity index is 1.98. The van der Waals surface area contributed by atoms with Gasteiger partial charge in [-0.1, -0.05) is 51.0 Å². The quantitative estimate of drug-likeness (QED) is 0.278. The zero-order chi connectivity index (χ0) is 19.5. The Morgan fingerprint density at radius 2 is 1.52 bits per heavy atom. The molecule has 0 saturated carbocycles. The molecule has 146 valence electrons. The molecule has 0 spiro atoms. The fourth-order valence-electron chi connectivity index (χ4n) is 2.53. The van der Waals surface area contributed by atoms with Gasteiger partial charge < -0.3 is 14.2 Å². The van der Waals surface area contributed by atoms with Gasteiger partial charge in [0.05, 0.1) is 18.3 Å². The summed E-state index contributed by atoms with van der Waals surface area (Å²) in [4.78, 5) is 12.5. The van der Waals surface area contributed by atoms with Crippen LogP contribution in [0.3, 0.4) is 0 Å². The minimum Gasteiger partial charge on any atom is -0.490 e. The molecule has 0 fully saturated rings. The summed E-state index contributed by atoms with van der Waals surface area (Å²) in [6.45, 7) is 7.62. The largest absolute Gasteiger partial charge is 0.490 e. The van der Waals surface area contributed by atoms with Crippen LogP contribution in [0, 0.1) is 0 Å². The number of carbonyl (C=O) groups excluding carboxylic acids is 1. The lowest BCUT2D eigenvalue weighted by Gasteiger charge is -2.14. The Morgan fingerprint density at radius 3 is 2.19 bits per heavy atom. The van der Waals surface area contributed by atoms with Crippen molar-refractivity contribution in [1.29, 1.82) is 0 Å². The third-order valence-corrected chi connectivity index (χ3v) is 4.29. The summed E-state index contributed by atoms with van der Waals surface area (Å²) in [5, 5.41) is 0. The molecule has 0 heterocycles. The van der Waals surface area contributed by atoms with E-state index < -0.39 is 5.97 Å². The lowest BCUT2D eigenvalue weighted by atomic mass is 10.1. The Bertz CT molecular complexity index is 694. The number of para-hydroxylation sites is 2. The minimum atomic E-state index is -0.396. The molecule has 0 aliphatic rings. The fraction of sp³-hybridized carbons (Fsp3) is 0.435. The van der Waals surface area contributed by atoms with Crippen LogP contribution in [0.15, 0.2) is 48.5 Å². The van der Waals surface area contributed by atoms with Crippen molar-refractivity contribution in [3.05, 3.63) is 59.7 Å². The van der Waals surface area contributed by atoms with Gasteiger partial charge in [0.2, 0.25) is 0 Å². The first-order valence-electron chi connectivity index (χ1n) is 9.81. The van der Waals surface area contributed by atoms with Crippen LogP contribution < -0.4 is 9.47 Å². The molecule has 0 bridgehead atoms. The van der Waals surface area contributed by atoms with Crippen LogP contribution >= 0.6 is 0 Å². The standard InChI is InChI=1S/C23H30O4/c1-4-6-16-25-18(3)19-12-14-20(15-13-19)23(24)27-22-11-9-8-10-21(22)26-17-7-5-2/h8-15,18H,4-7,16-17H2,1-3H3. The van der Waals surface area contributed by atoms with E-state index in [1.807, 2.05) is 37.3 Å². The Morgan fingerprint density at radius 1 is 0.889 bits per heavy atom. The molecule has 4 heteroatoms. The van der Waals surface area contributed by atoms with Crippen LogP contribution in [0.4, 0.5) is 0 Å². The first-order valence-corrected chi connectivity index (χ1v) is 9.81. The zero-order valence-corrected chi connectivity index (χ0v) is 16.6. The second-order valence-electron chi connectivity index (χ2n) is 6.53. The molecule has 0 saturated heterocycles. The van der Waals surface area contributed by atoms with Gasteiger partial charge in [-0.3, -0.25) is 0 Å². The molecule has 0 N–H and O–H groups in total. The van der Waals surface area contributed by atoms with Crippen molar-refractivity contribution < 1.29 is 19.0 Å². The van der Waals surface area contributed by atoms with E-state index >= 15 is 0 Å². The van der Waals surface area contributed by atoms with Crippen LogP contribution in [0.25, 0.3) is 0 Å². The average Bonchev–Trinajstić information content (AvgIpc) is 2.69. The summed E-state index contributed by atoms with van der Waals surface area (Å²) >= 11 is 0. The lowest BCUT2D eigenvalue weighted by Crippen LogP contribution is -2.10. The number of ether oxygens (including phenoxy) is 3. The molecule has 0 aromatic heterocycles. The number of benzene rings is 2. The van der Waals surface area contributed by atoms with Crippen molar-refractivity contribution in [3.8, 4) is 11.5 Å². The van der Waals surface area contributed by atoms with Crippen molar-refractivity contribution in [1.82, 2.24) is 0 Å². The van der Waals surface area contributed by atoms with E-state index in [0.717, 1.165) is 37.9 Å². The van der Waals surface area contributed by atoms with Gasteiger partial charge in [0.25, 0.3) is 0 Å². The van der Waals surface area contributed by atoms with Gasteiger partial charge in [-0.2, -0.15) is 0 Å². The highest BCUT2D eigenvalue weighted by Crippen LogP contribution is 2.28. The third kappa shape index (κ3) is 6.72. The van der Waals surface area contributed by atoms with E-state index in [-0.39, 0.29) is 6.10 Å². The SMILES string of the molecule is CCCCOc1ccccc1OC(=O)c1ccc(C(C)OCCCC)cc1. The van der Waals surface area contributed by atoms with Crippen LogP contribution in [0.2, 0.25) is 0 Å². The fourth-order valence-corrected chi connectivity index (χ4v) is 2.53. The van der Waals surface area contributed by atoms with E-state index in [2.05, 4.69) is 13.8 Å². The predicted octanol–water partition coefficient (Wildman–Crippen LogP) is 5.96. The first-order chi connectivity index (χ1) is 13.2. The predicted molar refractivity (Wildman–Crippen MR) is 108 cm³/mol. The summed E-state index contributed by atoms with van der Waals surface area (Å²) in [5.41, 5.74) is 1.55. The molecule has 0 amide bonds. The number of rotatable bonds is 11. The Kier molecular flexibility index (Phi) is 8.85. The van der Waals surface area contributed by atoms with Gasteiger partial charge in [0.15, 0.2) is 11.5 Å². The van der Waals surface area contributed by atoms with Gasteiger partial charge >= 0.3 is 5.97 Å². The van der Waals surface area contributed by atoms with Crippen molar-refractivity contribution >= 4 is 5.97 Å². The van der Waals surface area contributed by atoms with Crippen molar-refractivity contribution in [2.45, 2.75) is 52.6 Å². The molecule has 2 aromatic carbocycles. The zero-order valence-electron chi connectivity index (χ0n) is 16.6. The van der Waals surface area contributed by atoms with E-state index in [1.165, 1.54) is 0 Å². The van der Waals surface area contributed by atoms with Crippen LogP contribution in [0.1, 0.15) is 68.5 Å². The Hall–Kier alpha value is -2.33. The van der Waals surface area contributed by atoms with Gasteiger partial charge in [-0.25, -0.2) is 4.79 Å². The summed E-state index contributed by atoms with van der Waals surface area (Å²) in [7, 11) is 0. The van der Waals surface area contributed by atoms with Crippen LogP contribution in [-0.4, -0.2) is 19.2 Å². The molecule has 1 atom stereocenters.